The van der Waals surface area contributed by atoms with Crippen LogP contribution in [0.3, 0.4) is 0 Å². The number of aliphatic hydroxyl groups is 1. The Morgan fingerprint density at radius 1 is 1.08 bits per heavy atom. The van der Waals surface area contributed by atoms with Gasteiger partial charge in [-0.25, -0.2) is 4.39 Å². The summed E-state index contributed by atoms with van der Waals surface area (Å²) in [7, 11) is 0. The normalized spacial score (nSPS) is 19.9. The summed E-state index contributed by atoms with van der Waals surface area (Å²) in [6.45, 7) is -0.155. The summed E-state index contributed by atoms with van der Waals surface area (Å²) in [5.74, 6) is -0.319. The Morgan fingerprint density at radius 2 is 1.81 bits per heavy atom. The minimum atomic E-state index is -0.429. The number of benzene rings is 3. The molecule has 4 rings (SSSR count). The molecule has 1 fully saturated rings. The maximum atomic E-state index is 13.0. The molecule has 0 saturated heterocycles. The Kier molecular flexibility index (Phi) is 4.43. The Balaban J connectivity index is 1.46. The predicted molar refractivity (Wildman–Crippen MR) is 99.2 cm³/mol. The van der Waals surface area contributed by atoms with Gasteiger partial charge in [-0.15, -0.1) is 0 Å². The van der Waals surface area contributed by atoms with Crippen LogP contribution in [0.4, 0.5) is 4.39 Å². The van der Waals surface area contributed by atoms with E-state index in [4.69, 9.17) is 0 Å². The van der Waals surface area contributed by atoms with Gasteiger partial charge in [0.1, 0.15) is 5.82 Å². The van der Waals surface area contributed by atoms with Crippen molar-refractivity contribution in [3.63, 3.8) is 0 Å². The van der Waals surface area contributed by atoms with Crippen LogP contribution in [-0.4, -0.2) is 17.6 Å². The molecule has 3 aromatic rings. The summed E-state index contributed by atoms with van der Waals surface area (Å²) in [5, 5.41) is 14.9. The van der Waals surface area contributed by atoms with Crippen LogP contribution in [0.2, 0.25) is 0 Å². The summed E-state index contributed by atoms with van der Waals surface area (Å²) >= 11 is 0. The number of nitrogens with one attached hydrogen (secondary N) is 1. The lowest BCUT2D eigenvalue weighted by molar-refractivity contribution is -0.123. The van der Waals surface area contributed by atoms with Crippen molar-refractivity contribution in [3.05, 3.63) is 83.7 Å². The molecule has 1 saturated carbocycles. The molecular weight excluding hydrogens is 329 g/mol. The van der Waals surface area contributed by atoms with Crippen LogP contribution in [0, 0.1) is 11.7 Å². The largest absolute Gasteiger partial charge is 0.394 e. The van der Waals surface area contributed by atoms with Crippen molar-refractivity contribution >= 4 is 16.7 Å². The maximum absolute atomic E-state index is 13.0. The Labute approximate surface area is 151 Å². The molecule has 1 aliphatic rings. The molecule has 3 atom stereocenters. The molecule has 2 N–H and O–H groups in total. The van der Waals surface area contributed by atoms with Crippen molar-refractivity contribution in [2.75, 3.05) is 6.61 Å². The smallest absolute Gasteiger partial charge is 0.224 e. The molecule has 26 heavy (non-hydrogen) atoms. The van der Waals surface area contributed by atoms with Gasteiger partial charge >= 0.3 is 0 Å². The maximum Gasteiger partial charge on any atom is 0.224 e. The number of hydrogen-bond acceptors (Lipinski definition) is 2. The Hall–Kier alpha value is -2.72. The van der Waals surface area contributed by atoms with E-state index in [0.717, 1.165) is 28.3 Å². The number of halogens is 1. The molecule has 1 aliphatic carbocycles. The fourth-order valence-electron chi connectivity index (χ4n) is 3.50. The summed E-state index contributed by atoms with van der Waals surface area (Å²) in [6.07, 6.45) is 0.757. The van der Waals surface area contributed by atoms with Crippen LogP contribution in [0.5, 0.6) is 0 Å². The quantitative estimate of drug-likeness (QED) is 0.733. The Bertz CT molecular complexity index is 938. The van der Waals surface area contributed by atoms with E-state index >= 15 is 0 Å². The van der Waals surface area contributed by atoms with Crippen LogP contribution in [0.15, 0.2) is 66.7 Å². The third-order valence-electron chi connectivity index (χ3n) is 5.10. The average molecular weight is 349 g/mol. The molecule has 0 heterocycles. The van der Waals surface area contributed by atoms with E-state index in [2.05, 4.69) is 5.32 Å². The van der Waals surface area contributed by atoms with Gasteiger partial charge in [0.05, 0.1) is 12.6 Å². The highest BCUT2D eigenvalue weighted by atomic mass is 19.1. The van der Waals surface area contributed by atoms with Gasteiger partial charge < -0.3 is 10.4 Å². The van der Waals surface area contributed by atoms with Crippen LogP contribution in [0.25, 0.3) is 10.8 Å². The fourth-order valence-corrected chi connectivity index (χ4v) is 3.50. The van der Waals surface area contributed by atoms with Gasteiger partial charge in [-0.3, -0.25) is 4.79 Å². The lowest BCUT2D eigenvalue weighted by atomic mass is 10.0. The molecule has 4 heteroatoms. The number of carbonyl (C=O) groups is 1. The third kappa shape index (κ3) is 3.33. The lowest BCUT2D eigenvalue weighted by Crippen LogP contribution is -2.32. The highest BCUT2D eigenvalue weighted by molar-refractivity contribution is 5.85. The summed E-state index contributed by atoms with van der Waals surface area (Å²) in [5.41, 5.74) is 1.87. The summed E-state index contributed by atoms with van der Waals surface area (Å²) in [6, 6.07) is 19.8. The van der Waals surface area contributed by atoms with Crippen LogP contribution >= 0.6 is 0 Å². The van der Waals surface area contributed by atoms with Gasteiger partial charge in [-0.05, 0) is 52.4 Å². The lowest BCUT2D eigenvalue weighted by Gasteiger charge is -2.17. The summed E-state index contributed by atoms with van der Waals surface area (Å²) in [4.78, 5) is 12.6. The third-order valence-corrected chi connectivity index (χ3v) is 5.10. The molecule has 0 spiro atoms. The Morgan fingerprint density at radius 3 is 2.54 bits per heavy atom. The molecule has 132 valence electrons. The molecule has 3 nitrogen and oxygen atoms in total. The highest BCUT2D eigenvalue weighted by Crippen LogP contribution is 2.47. The van der Waals surface area contributed by atoms with Crippen molar-refractivity contribution in [1.29, 1.82) is 0 Å². The molecule has 0 aromatic heterocycles. The van der Waals surface area contributed by atoms with Crippen LogP contribution in [0.1, 0.15) is 29.5 Å². The van der Waals surface area contributed by atoms with Gasteiger partial charge in [0.15, 0.2) is 0 Å². The predicted octanol–water partition coefficient (Wildman–Crippen LogP) is 3.93. The van der Waals surface area contributed by atoms with E-state index in [0.29, 0.717) is 0 Å². The standard InChI is InChI=1S/C22H20FNO2/c23-18-9-7-15(8-10-18)19-12-20(19)22(26)24-21(13-25)17-6-5-14-3-1-2-4-16(14)11-17/h1-11,19-21,25H,12-13H2,(H,24,26)/t19?,20?,21-/m0/s1. The second-order valence-corrected chi connectivity index (χ2v) is 6.85. The van der Waals surface area contributed by atoms with Crippen molar-refractivity contribution in [3.8, 4) is 0 Å². The van der Waals surface area contributed by atoms with Crippen molar-refractivity contribution in [2.45, 2.75) is 18.4 Å². The van der Waals surface area contributed by atoms with E-state index in [1.807, 2.05) is 42.5 Å². The van der Waals surface area contributed by atoms with Crippen LogP contribution < -0.4 is 5.32 Å². The van der Waals surface area contributed by atoms with E-state index in [1.165, 1.54) is 12.1 Å². The SMILES string of the molecule is O=C(N[C@@H](CO)c1ccc2ccccc2c1)C1CC1c1ccc(F)cc1. The molecule has 1 amide bonds. The van der Waals surface area contributed by atoms with Crippen molar-refractivity contribution in [2.24, 2.45) is 5.92 Å². The van der Waals surface area contributed by atoms with Gasteiger partial charge in [-0.2, -0.15) is 0 Å². The van der Waals surface area contributed by atoms with E-state index in [-0.39, 0.29) is 30.2 Å². The number of hydrogen-bond donors (Lipinski definition) is 2. The molecule has 0 radical (unpaired) electrons. The molecular formula is C22H20FNO2. The first-order chi connectivity index (χ1) is 12.7. The minimum Gasteiger partial charge on any atom is -0.394 e. The number of amides is 1. The van der Waals surface area contributed by atoms with E-state index in [9.17, 15) is 14.3 Å². The molecule has 3 aromatic carbocycles. The topological polar surface area (TPSA) is 49.3 Å². The second-order valence-electron chi connectivity index (χ2n) is 6.85. The van der Waals surface area contributed by atoms with Gasteiger partial charge in [0.25, 0.3) is 0 Å². The van der Waals surface area contributed by atoms with Gasteiger partial charge in [-0.1, -0.05) is 48.5 Å². The molecule has 0 aliphatic heterocycles. The first-order valence-electron chi connectivity index (χ1n) is 8.81. The second kappa shape index (κ2) is 6.89. The average Bonchev–Trinajstić information content (AvgIpc) is 3.47. The van der Waals surface area contributed by atoms with Crippen molar-refractivity contribution in [1.82, 2.24) is 5.32 Å². The summed E-state index contributed by atoms with van der Waals surface area (Å²) < 4.78 is 13.0. The van der Waals surface area contributed by atoms with E-state index < -0.39 is 6.04 Å². The van der Waals surface area contributed by atoms with Gasteiger partial charge in [0, 0.05) is 5.92 Å². The zero-order valence-corrected chi connectivity index (χ0v) is 14.2. The van der Waals surface area contributed by atoms with E-state index in [1.54, 1.807) is 12.1 Å². The van der Waals surface area contributed by atoms with Crippen LogP contribution in [-0.2, 0) is 4.79 Å². The van der Waals surface area contributed by atoms with Gasteiger partial charge in [0.2, 0.25) is 5.91 Å². The monoisotopic (exact) mass is 349 g/mol. The number of fused-ring (bicyclic) bond motifs is 1. The number of rotatable bonds is 5. The highest BCUT2D eigenvalue weighted by Gasteiger charge is 2.44. The number of carbonyl (C=O) groups excluding carboxylic acids is 1. The number of aliphatic hydroxyl groups excluding tert-OH is 1. The first-order valence-corrected chi connectivity index (χ1v) is 8.81. The molecule has 0 bridgehead atoms. The fraction of sp³-hybridized carbons (Fsp3) is 0.227. The van der Waals surface area contributed by atoms with Crippen molar-refractivity contribution < 1.29 is 14.3 Å². The zero-order chi connectivity index (χ0) is 18.1. The molecule has 2 unspecified atom stereocenters. The minimum absolute atomic E-state index is 0.0634. The first kappa shape index (κ1) is 16.7. The zero-order valence-electron chi connectivity index (χ0n) is 14.2.